The number of hydrogen-bond acceptors (Lipinski definition) is 4. The number of halogens is 1. The summed E-state index contributed by atoms with van der Waals surface area (Å²) in [4.78, 5) is 15.7. The van der Waals surface area contributed by atoms with Crippen LogP contribution in [0.15, 0.2) is 34.9 Å². The zero-order valence-corrected chi connectivity index (χ0v) is 11.2. The van der Waals surface area contributed by atoms with Gasteiger partial charge < -0.3 is 5.73 Å². The van der Waals surface area contributed by atoms with Gasteiger partial charge in [-0.05, 0) is 22.0 Å². The highest BCUT2D eigenvalue weighted by Crippen LogP contribution is 2.28. The van der Waals surface area contributed by atoms with Gasteiger partial charge in [-0.2, -0.15) is 15.4 Å². The number of nitrogens with two attached hydrogens (primary N) is 1. The van der Waals surface area contributed by atoms with Crippen molar-refractivity contribution < 1.29 is 4.79 Å². The standard InChI is InChI=1S/C12H8BrN5O/c13-7-4-6-2-1-3-8(9(6)15-5-7)10-11(12(14)19)17-18-16-10/h1-5H,(H2,14,19)(H,16,17,18). The van der Waals surface area contributed by atoms with Crippen LogP contribution in [0.25, 0.3) is 22.2 Å². The van der Waals surface area contributed by atoms with E-state index in [4.69, 9.17) is 5.73 Å². The van der Waals surface area contributed by atoms with Crippen LogP contribution in [0.4, 0.5) is 0 Å². The van der Waals surface area contributed by atoms with E-state index in [9.17, 15) is 4.79 Å². The van der Waals surface area contributed by atoms with Crippen molar-refractivity contribution in [1.29, 1.82) is 0 Å². The van der Waals surface area contributed by atoms with Gasteiger partial charge in [0.1, 0.15) is 5.69 Å². The number of nitrogens with one attached hydrogen (secondary N) is 1. The fraction of sp³-hybridized carbons (Fsp3) is 0. The molecule has 0 bridgehead atoms. The van der Waals surface area contributed by atoms with Gasteiger partial charge in [-0.15, -0.1) is 0 Å². The van der Waals surface area contributed by atoms with Crippen molar-refractivity contribution in [3.8, 4) is 11.3 Å². The highest BCUT2D eigenvalue weighted by Gasteiger charge is 2.17. The van der Waals surface area contributed by atoms with Crippen LogP contribution in [0.1, 0.15) is 10.5 Å². The highest BCUT2D eigenvalue weighted by molar-refractivity contribution is 9.10. The molecule has 0 spiro atoms. The number of pyridine rings is 1. The first-order chi connectivity index (χ1) is 9.16. The molecule has 1 amide bonds. The summed E-state index contributed by atoms with van der Waals surface area (Å²) >= 11 is 3.37. The lowest BCUT2D eigenvalue weighted by Crippen LogP contribution is -2.12. The van der Waals surface area contributed by atoms with Crippen LogP contribution >= 0.6 is 15.9 Å². The maximum atomic E-state index is 11.3. The van der Waals surface area contributed by atoms with Crippen LogP contribution in [0.5, 0.6) is 0 Å². The molecule has 1 aromatic carbocycles. The molecule has 6 nitrogen and oxygen atoms in total. The van der Waals surface area contributed by atoms with Gasteiger partial charge in [-0.3, -0.25) is 9.78 Å². The van der Waals surface area contributed by atoms with E-state index in [0.717, 1.165) is 15.4 Å². The van der Waals surface area contributed by atoms with Crippen molar-refractivity contribution in [3.63, 3.8) is 0 Å². The third kappa shape index (κ3) is 1.97. The first-order valence-electron chi connectivity index (χ1n) is 5.42. The van der Waals surface area contributed by atoms with E-state index < -0.39 is 5.91 Å². The van der Waals surface area contributed by atoms with Gasteiger partial charge >= 0.3 is 0 Å². The van der Waals surface area contributed by atoms with Gasteiger partial charge in [0.2, 0.25) is 0 Å². The van der Waals surface area contributed by atoms with E-state index in [1.165, 1.54) is 0 Å². The molecule has 0 aliphatic heterocycles. The normalized spacial score (nSPS) is 10.8. The minimum atomic E-state index is -0.627. The van der Waals surface area contributed by atoms with Crippen LogP contribution in [0.3, 0.4) is 0 Å². The van der Waals surface area contributed by atoms with E-state index in [2.05, 4.69) is 36.3 Å². The van der Waals surface area contributed by atoms with E-state index in [1.807, 2.05) is 24.3 Å². The minimum absolute atomic E-state index is 0.109. The largest absolute Gasteiger partial charge is 0.364 e. The quantitative estimate of drug-likeness (QED) is 0.754. The molecule has 7 heteroatoms. The number of aromatic amines is 1. The number of aromatic nitrogens is 4. The molecule has 3 N–H and O–H groups in total. The first-order valence-corrected chi connectivity index (χ1v) is 6.21. The minimum Gasteiger partial charge on any atom is -0.364 e. The predicted molar refractivity (Wildman–Crippen MR) is 73.3 cm³/mol. The second-order valence-electron chi connectivity index (χ2n) is 3.92. The fourth-order valence-electron chi connectivity index (χ4n) is 1.92. The Morgan fingerprint density at radius 2 is 2.16 bits per heavy atom. The molecule has 0 unspecified atom stereocenters. The molecule has 0 saturated carbocycles. The number of carbonyl (C=O) groups excluding carboxylic acids is 1. The number of fused-ring (bicyclic) bond motifs is 1. The molecule has 0 aliphatic carbocycles. The molecule has 2 aromatic heterocycles. The average Bonchev–Trinajstić information content (AvgIpc) is 2.86. The van der Waals surface area contributed by atoms with Gasteiger partial charge in [-0.25, -0.2) is 0 Å². The Morgan fingerprint density at radius 3 is 2.95 bits per heavy atom. The zero-order valence-electron chi connectivity index (χ0n) is 9.59. The number of rotatable bonds is 2. The van der Waals surface area contributed by atoms with Crippen molar-refractivity contribution in [2.45, 2.75) is 0 Å². The molecule has 0 atom stereocenters. The second kappa shape index (κ2) is 4.43. The number of H-pyrrole nitrogens is 1. The molecule has 0 fully saturated rings. The molecular weight excluding hydrogens is 310 g/mol. The molecule has 2 heterocycles. The molecule has 19 heavy (non-hydrogen) atoms. The summed E-state index contributed by atoms with van der Waals surface area (Å²) in [5, 5.41) is 11.1. The molecule has 0 aliphatic rings. The van der Waals surface area contributed by atoms with Crippen molar-refractivity contribution in [2.24, 2.45) is 5.73 Å². The van der Waals surface area contributed by atoms with Crippen LogP contribution in [-0.4, -0.2) is 26.3 Å². The predicted octanol–water partition coefficient (Wildman–Crippen LogP) is 1.88. The lowest BCUT2D eigenvalue weighted by molar-refractivity contribution is 0.0996. The van der Waals surface area contributed by atoms with Gasteiger partial charge in [-0.1, -0.05) is 18.2 Å². The van der Waals surface area contributed by atoms with Gasteiger partial charge in [0.15, 0.2) is 5.69 Å². The molecule has 94 valence electrons. The topological polar surface area (TPSA) is 97.6 Å². The van der Waals surface area contributed by atoms with E-state index in [-0.39, 0.29) is 5.69 Å². The maximum Gasteiger partial charge on any atom is 0.271 e. The molecule has 0 saturated heterocycles. The summed E-state index contributed by atoms with van der Waals surface area (Å²) < 4.78 is 0.882. The Balaban J connectivity index is 2.31. The maximum absolute atomic E-state index is 11.3. The van der Waals surface area contributed by atoms with Crippen LogP contribution < -0.4 is 5.73 Å². The first kappa shape index (κ1) is 11.8. The van der Waals surface area contributed by atoms with Crippen molar-refractivity contribution in [2.75, 3.05) is 0 Å². The van der Waals surface area contributed by atoms with Crippen LogP contribution in [0, 0.1) is 0 Å². The summed E-state index contributed by atoms with van der Waals surface area (Å²) in [5.41, 5.74) is 7.25. The van der Waals surface area contributed by atoms with Gasteiger partial charge in [0.25, 0.3) is 5.91 Å². The van der Waals surface area contributed by atoms with Crippen molar-refractivity contribution >= 4 is 32.7 Å². The molecular formula is C12H8BrN5O. The second-order valence-corrected chi connectivity index (χ2v) is 4.83. The third-order valence-corrected chi connectivity index (χ3v) is 3.15. The van der Waals surface area contributed by atoms with E-state index >= 15 is 0 Å². The lowest BCUT2D eigenvalue weighted by Gasteiger charge is -2.04. The van der Waals surface area contributed by atoms with E-state index in [1.54, 1.807) is 6.20 Å². The SMILES string of the molecule is NC(=O)c1n[nH]nc1-c1cccc2cc(Br)cnc12. The molecule has 3 rings (SSSR count). The van der Waals surface area contributed by atoms with Gasteiger partial charge in [0, 0.05) is 21.6 Å². The summed E-state index contributed by atoms with van der Waals surface area (Å²) in [5.74, 6) is -0.627. The van der Waals surface area contributed by atoms with Crippen LogP contribution in [0.2, 0.25) is 0 Å². The van der Waals surface area contributed by atoms with Crippen molar-refractivity contribution in [1.82, 2.24) is 20.4 Å². The Kier molecular flexibility index (Phi) is 2.75. The van der Waals surface area contributed by atoms with Crippen molar-refractivity contribution in [3.05, 3.63) is 40.6 Å². The average molecular weight is 318 g/mol. The number of amides is 1. The Hall–Kier alpha value is -2.28. The lowest BCUT2D eigenvalue weighted by atomic mass is 10.1. The Bertz CT molecular complexity index is 783. The molecule has 3 aromatic rings. The number of benzene rings is 1. The fourth-order valence-corrected chi connectivity index (χ4v) is 2.26. The summed E-state index contributed by atoms with van der Waals surface area (Å²) in [6, 6.07) is 7.56. The van der Waals surface area contributed by atoms with Gasteiger partial charge in [0.05, 0.1) is 5.52 Å². The number of para-hydroxylation sites is 1. The third-order valence-electron chi connectivity index (χ3n) is 2.71. The van der Waals surface area contributed by atoms with E-state index in [0.29, 0.717) is 11.3 Å². The number of hydrogen-bond donors (Lipinski definition) is 2. The van der Waals surface area contributed by atoms with Crippen LogP contribution in [-0.2, 0) is 0 Å². The number of nitrogens with zero attached hydrogens (tertiary/aromatic N) is 3. The monoisotopic (exact) mass is 317 g/mol. The molecule has 0 radical (unpaired) electrons. The highest BCUT2D eigenvalue weighted by atomic mass is 79.9. The Labute approximate surface area is 116 Å². The Morgan fingerprint density at radius 1 is 1.32 bits per heavy atom. The number of primary amides is 1. The summed E-state index contributed by atoms with van der Waals surface area (Å²) in [6.45, 7) is 0. The summed E-state index contributed by atoms with van der Waals surface area (Å²) in [6.07, 6.45) is 1.69. The zero-order chi connectivity index (χ0) is 13.4. The smallest absolute Gasteiger partial charge is 0.271 e. The summed E-state index contributed by atoms with van der Waals surface area (Å²) in [7, 11) is 0. The number of carbonyl (C=O) groups is 1.